The molecule has 0 aromatic heterocycles. The number of Topliss-reactive ketones (excluding diaryl/α,β-unsaturated/α-hetero) is 1. The summed E-state index contributed by atoms with van der Waals surface area (Å²) in [5.74, 6) is 1.34. The number of halogens is 1. The maximum atomic E-state index is 11.9. The van der Waals surface area contributed by atoms with E-state index < -0.39 is 0 Å². The second-order valence-electron chi connectivity index (χ2n) is 4.92. The molecule has 0 radical (unpaired) electrons. The lowest BCUT2D eigenvalue weighted by Gasteiger charge is -2.15. The Balaban J connectivity index is 2.23. The summed E-state index contributed by atoms with van der Waals surface area (Å²) >= 11 is 6.33. The number of ketones is 1. The zero-order chi connectivity index (χ0) is 15.0. The Morgan fingerprint density at radius 1 is 0.952 bits per heavy atom. The summed E-state index contributed by atoms with van der Waals surface area (Å²) < 4.78 is 10.7. The number of hydrogen-bond donors (Lipinski definition) is 0. The quantitative estimate of drug-likeness (QED) is 0.854. The summed E-state index contributed by atoms with van der Waals surface area (Å²) in [4.78, 5) is 11.9. The molecule has 0 bridgehead atoms. The number of methoxy groups -OCH3 is 2. The van der Waals surface area contributed by atoms with Crippen LogP contribution < -0.4 is 9.47 Å². The van der Waals surface area contributed by atoms with Crippen molar-refractivity contribution in [3.05, 3.63) is 46.5 Å². The predicted molar refractivity (Wildman–Crippen MR) is 82.6 cm³/mol. The smallest absolute Gasteiger partial charge is 0.163 e. The van der Waals surface area contributed by atoms with Crippen LogP contribution in [-0.2, 0) is 6.42 Å². The van der Waals surface area contributed by atoms with Crippen LogP contribution in [0.2, 0.25) is 5.02 Å². The highest BCUT2D eigenvalue weighted by atomic mass is 35.5. The zero-order valence-corrected chi connectivity index (χ0v) is 12.7. The third-order valence-corrected chi connectivity index (χ3v) is 4.21. The molecule has 4 heteroatoms. The van der Waals surface area contributed by atoms with Crippen molar-refractivity contribution in [3.8, 4) is 22.6 Å². The number of carbonyl (C=O) groups is 1. The van der Waals surface area contributed by atoms with Crippen LogP contribution in [0.3, 0.4) is 0 Å². The number of carbonyl (C=O) groups excluding carboxylic acids is 1. The first-order valence-electron chi connectivity index (χ1n) is 6.73. The normalized spacial score (nSPS) is 13.2. The fourth-order valence-electron chi connectivity index (χ4n) is 2.85. The molecule has 0 atom stereocenters. The number of rotatable bonds is 3. The number of fused-ring (bicyclic) bond motifs is 1. The average molecular weight is 303 g/mol. The number of benzene rings is 2. The Kier molecular flexibility index (Phi) is 3.60. The Hall–Kier alpha value is -2.00. The van der Waals surface area contributed by atoms with Crippen molar-refractivity contribution in [1.29, 1.82) is 0 Å². The fourth-order valence-corrected chi connectivity index (χ4v) is 3.17. The van der Waals surface area contributed by atoms with Gasteiger partial charge in [-0.05, 0) is 29.7 Å². The molecule has 2 aromatic rings. The van der Waals surface area contributed by atoms with Gasteiger partial charge in [-0.25, -0.2) is 0 Å². The van der Waals surface area contributed by atoms with E-state index in [0.717, 1.165) is 28.7 Å². The van der Waals surface area contributed by atoms with Crippen molar-refractivity contribution in [2.24, 2.45) is 0 Å². The molecule has 0 N–H and O–H groups in total. The summed E-state index contributed by atoms with van der Waals surface area (Å²) in [6.45, 7) is 0. The second kappa shape index (κ2) is 5.41. The van der Waals surface area contributed by atoms with E-state index in [1.54, 1.807) is 14.2 Å². The molecule has 0 heterocycles. The zero-order valence-electron chi connectivity index (χ0n) is 11.9. The van der Waals surface area contributed by atoms with Crippen LogP contribution in [-0.4, -0.2) is 20.0 Å². The van der Waals surface area contributed by atoms with Crippen molar-refractivity contribution >= 4 is 17.4 Å². The standard InChI is InChI=1S/C17H15ClO3/c1-20-15-9-7-13(17(21-2)16(15)18)10-4-3-5-12-11(10)6-8-14(12)19/h3-5,7,9H,6,8H2,1-2H3. The van der Waals surface area contributed by atoms with E-state index in [1.165, 1.54) is 0 Å². The molecular formula is C17H15ClO3. The fraction of sp³-hybridized carbons (Fsp3) is 0.235. The van der Waals surface area contributed by atoms with Crippen molar-refractivity contribution in [3.63, 3.8) is 0 Å². The SMILES string of the molecule is COc1ccc(-c2cccc3c2CCC3=O)c(OC)c1Cl. The molecule has 21 heavy (non-hydrogen) atoms. The topological polar surface area (TPSA) is 35.5 Å². The summed E-state index contributed by atoms with van der Waals surface area (Å²) in [7, 11) is 3.15. The lowest BCUT2D eigenvalue weighted by atomic mass is 9.96. The number of ether oxygens (including phenoxy) is 2. The van der Waals surface area contributed by atoms with Crippen molar-refractivity contribution in [2.45, 2.75) is 12.8 Å². The predicted octanol–water partition coefficient (Wildman–Crippen LogP) is 4.15. The highest BCUT2D eigenvalue weighted by molar-refractivity contribution is 6.34. The Morgan fingerprint density at radius 2 is 1.71 bits per heavy atom. The van der Waals surface area contributed by atoms with Gasteiger partial charge in [-0.2, -0.15) is 0 Å². The van der Waals surface area contributed by atoms with Gasteiger partial charge in [0.25, 0.3) is 0 Å². The van der Waals surface area contributed by atoms with E-state index in [-0.39, 0.29) is 5.78 Å². The molecule has 0 amide bonds. The Bertz CT molecular complexity index is 722. The lowest BCUT2D eigenvalue weighted by molar-refractivity contribution is 0.0994. The molecule has 0 fully saturated rings. The van der Waals surface area contributed by atoms with E-state index in [4.69, 9.17) is 21.1 Å². The first-order valence-corrected chi connectivity index (χ1v) is 7.11. The first kappa shape index (κ1) is 14.0. The molecule has 0 saturated heterocycles. The minimum atomic E-state index is 0.199. The van der Waals surface area contributed by atoms with Gasteiger partial charge < -0.3 is 9.47 Å². The molecule has 0 spiro atoms. The molecule has 0 saturated carbocycles. The molecule has 2 aromatic carbocycles. The van der Waals surface area contributed by atoms with Gasteiger partial charge in [0.1, 0.15) is 16.5 Å². The van der Waals surface area contributed by atoms with E-state index in [9.17, 15) is 4.79 Å². The third kappa shape index (κ3) is 2.18. The highest BCUT2D eigenvalue weighted by Crippen LogP contribution is 2.44. The van der Waals surface area contributed by atoms with Crippen molar-refractivity contribution < 1.29 is 14.3 Å². The van der Waals surface area contributed by atoms with Gasteiger partial charge in [-0.15, -0.1) is 0 Å². The molecule has 3 rings (SSSR count). The van der Waals surface area contributed by atoms with Crippen molar-refractivity contribution in [2.75, 3.05) is 14.2 Å². The molecule has 0 aliphatic heterocycles. The van der Waals surface area contributed by atoms with Gasteiger partial charge in [0, 0.05) is 17.5 Å². The van der Waals surface area contributed by atoms with Crippen LogP contribution in [0.5, 0.6) is 11.5 Å². The van der Waals surface area contributed by atoms with Crippen LogP contribution in [0.1, 0.15) is 22.3 Å². The largest absolute Gasteiger partial charge is 0.495 e. The highest BCUT2D eigenvalue weighted by Gasteiger charge is 2.24. The van der Waals surface area contributed by atoms with Crippen LogP contribution >= 0.6 is 11.6 Å². The molecule has 108 valence electrons. The van der Waals surface area contributed by atoms with Crippen molar-refractivity contribution in [1.82, 2.24) is 0 Å². The molecule has 3 nitrogen and oxygen atoms in total. The maximum Gasteiger partial charge on any atom is 0.163 e. The third-order valence-electron chi connectivity index (χ3n) is 3.85. The molecular weight excluding hydrogens is 288 g/mol. The Labute approximate surface area is 128 Å². The van der Waals surface area contributed by atoms with Gasteiger partial charge in [0.15, 0.2) is 5.78 Å². The second-order valence-corrected chi connectivity index (χ2v) is 5.30. The molecule has 0 unspecified atom stereocenters. The first-order chi connectivity index (χ1) is 10.2. The van der Waals surface area contributed by atoms with Crippen LogP contribution in [0.4, 0.5) is 0 Å². The van der Waals surface area contributed by atoms with E-state index in [1.807, 2.05) is 30.3 Å². The summed E-state index contributed by atoms with van der Waals surface area (Å²) in [6.07, 6.45) is 1.33. The average Bonchev–Trinajstić information content (AvgIpc) is 2.88. The van der Waals surface area contributed by atoms with Crippen LogP contribution in [0, 0.1) is 0 Å². The van der Waals surface area contributed by atoms with E-state index in [2.05, 4.69) is 0 Å². The van der Waals surface area contributed by atoms with E-state index >= 15 is 0 Å². The summed E-state index contributed by atoms with van der Waals surface area (Å²) in [6, 6.07) is 9.51. The van der Waals surface area contributed by atoms with Crippen LogP contribution in [0.15, 0.2) is 30.3 Å². The summed E-state index contributed by atoms with van der Waals surface area (Å²) in [5, 5.41) is 0.444. The van der Waals surface area contributed by atoms with Gasteiger partial charge in [0.05, 0.1) is 14.2 Å². The van der Waals surface area contributed by atoms with Gasteiger partial charge in [-0.3, -0.25) is 4.79 Å². The molecule has 1 aliphatic rings. The minimum absolute atomic E-state index is 0.199. The monoisotopic (exact) mass is 302 g/mol. The van der Waals surface area contributed by atoms with Gasteiger partial charge in [0.2, 0.25) is 0 Å². The van der Waals surface area contributed by atoms with Crippen LogP contribution in [0.25, 0.3) is 11.1 Å². The summed E-state index contributed by atoms with van der Waals surface area (Å²) in [5.41, 5.74) is 3.76. The minimum Gasteiger partial charge on any atom is -0.495 e. The Morgan fingerprint density at radius 3 is 2.43 bits per heavy atom. The van der Waals surface area contributed by atoms with E-state index in [0.29, 0.717) is 22.9 Å². The molecule has 1 aliphatic carbocycles. The number of hydrogen-bond acceptors (Lipinski definition) is 3. The van der Waals surface area contributed by atoms with Gasteiger partial charge >= 0.3 is 0 Å². The lowest BCUT2D eigenvalue weighted by Crippen LogP contribution is -1.96. The maximum absolute atomic E-state index is 11.9. The van der Waals surface area contributed by atoms with Gasteiger partial charge in [-0.1, -0.05) is 29.8 Å².